The summed E-state index contributed by atoms with van der Waals surface area (Å²) in [4.78, 5) is 0. The molecule has 0 atom stereocenters. The van der Waals surface area contributed by atoms with Crippen LogP contribution in [-0.2, 0) is 12.4 Å². The molecule has 1 nitrogen and oxygen atoms in total. The van der Waals surface area contributed by atoms with Crippen LogP contribution >= 0.6 is 0 Å². The molecule has 0 aliphatic rings. The van der Waals surface area contributed by atoms with Gasteiger partial charge in [0.2, 0.25) is 5.82 Å². The summed E-state index contributed by atoms with van der Waals surface area (Å²) in [5.41, 5.74) is -8.73. The van der Waals surface area contributed by atoms with Gasteiger partial charge in [-0.3, -0.25) is 0 Å². The number of alkyl halides is 6. The molecule has 0 radical (unpaired) electrons. The minimum atomic E-state index is -5.55. The molecule has 1 heterocycles. The van der Waals surface area contributed by atoms with Gasteiger partial charge in [-0.25, -0.2) is 22.0 Å². The van der Waals surface area contributed by atoms with Crippen molar-refractivity contribution < 1.29 is 48.3 Å². The Bertz CT molecular complexity index is 1660. The highest BCUT2D eigenvalue weighted by molar-refractivity contribution is 6.10. The number of fused-ring (bicyclic) bond motifs is 3. The molecule has 5 rings (SSSR count). The molecule has 1 aromatic heterocycles. The maximum Gasteiger partial charge on any atom is 0.418 e. The first-order chi connectivity index (χ1) is 17.7. The van der Waals surface area contributed by atoms with Crippen LogP contribution in [0.3, 0.4) is 0 Å². The highest BCUT2D eigenvalue weighted by Crippen LogP contribution is 2.47. The lowest BCUT2D eigenvalue weighted by atomic mass is 9.94. The van der Waals surface area contributed by atoms with E-state index in [1.54, 1.807) is 0 Å². The summed E-state index contributed by atoms with van der Waals surface area (Å²) in [7, 11) is 0. The van der Waals surface area contributed by atoms with Crippen LogP contribution in [0.15, 0.2) is 60.7 Å². The van der Waals surface area contributed by atoms with Crippen LogP contribution in [0.4, 0.5) is 48.3 Å². The molecule has 0 aliphatic heterocycles. The molecule has 196 valence electrons. The Morgan fingerprint density at radius 1 is 0.526 bits per heavy atom. The van der Waals surface area contributed by atoms with Gasteiger partial charge in [0.25, 0.3) is 0 Å². The Kier molecular flexibility index (Phi) is 5.69. The van der Waals surface area contributed by atoms with Crippen molar-refractivity contribution in [1.82, 2.24) is 4.57 Å². The van der Waals surface area contributed by atoms with Crippen LogP contribution < -0.4 is 0 Å². The van der Waals surface area contributed by atoms with Crippen LogP contribution in [-0.4, -0.2) is 4.57 Å². The highest BCUT2D eigenvalue weighted by Gasteiger charge is 2.42. The largest absolute Gasteiger partial charge is 0.418 e. The molecular formula is C26H10F11N. The summed E-state index contributed by atoms with van der Waals surface area (Å²) in [6, 6.07) is 11.1. The predicted octanol–water partition coefficient (Wildman–Crippen LogP) is 9.18. The summed E-state index contributed by atoms with van der Waals surface area (Å²) in [6.07, 6.45) is -11.0. The summed E-state index contributed by atoms with van der Waals surface area (Å²) in [5.74, 6) is -12.9. The summed E-state index contributed by atoms with van der Waals surface area (Å²) in [5, 5.41) is 0.638. The maximum atomic E-state index is 14.9. The van der Waals surface area contributed by atoms with Crippen LogP contribution in [0.25, 0.3) is 38.6 Å². The van der Waals surface area contributed by atoms with Crippen molar-refractivity contribution in [3.63, 3.8) is 0 Å². The molecule has 4 aromatic carbocycles. The number of hydrogen-bond donors (Lipinski definition) is 0. The molecule has 0 unspecified atom stereocenters. The molecule has 12 heteroatoms. The Labute approximate surface area is 205 Å². The molecule has 0 bridgehead atoms. The molecule has 0 saturated carbocycles. The van der Waals surface area contributed by atoms with Gasteiger partial charge < -0.3 is 4.57 Å². The van der Waals surface area contributed by atoms with E-state index in [2.05, 4.69) is 0 Å². The number of nitrogens with zero attached hydrogens (tertiary/aromatic N) is 1. The van der Waals surface area contributed by atoms with E-state index in [0.29, 0.717) is 10.8 Å². The molecule has 0 aliphatic carbocycles. The Balaban J connectivity index is 2.10. The first kappa shape index (κ1) is 25.6. The third-order valence-corrected chi connectivity index (χ3v) is 6.03. The number of halogens is 11. The van der Waals surface area contributed by atoms with Gasteiger partial charge >= 0.3 is 12.4 Å². The Hall–Kier alpha value is -4.09. The summed E-state index contributed by atoms with van der Waals surface area (Å²) in [6.45, 7) is 0. The topological polar surface area (TPSA) is 4.93 Å². The Morgan fingerprint density at radius 3 is 1.42 bits per heavy atom. The van der Waals surface area contributed by atoms with Crippen molar-refractivity contribution >= 4 is 21.8 Å². The quantitative estimate of drug-likeness (QED) is 0.118. The van der Waals surface area contributed by atoms with E-state index < -0.39 is 69.4 Å². The zero-order valence-corrected chi connectivity index (χ0v) is 18.4. The second kappa shape index (κ2) is 8.47. The third kappa shape index (κ3) is 3.77. The van der Waals surface area contributed by atoms with E-state index in [4.69, 9.17) is 0 Å². The number of hydrogen-bond acceptors (Lipinski definition) is 0. The van der Waals surface area contributed by atoms with Crippen molar-refractivity contribution in [3.8, 4) is 16.8 Å². The molecule has 0 saturated heterocycles. The molecule has 0 N–H and O–H groups in total. The van der Waals surface area contributed by atoms with Gasteiger partial charge in [-0.2, -0.15) is 26.3 Å². The predicted molar refractivity (Wildman–Crippen MR) is 116 cm³/mol. The average Bonchev–Trinajstić information content (AvgIpc) is 3.19. The first-order valence-electron chi connectivity index (χ1n) is 10.6. The number of aromatic nitrogens is 1. The lowest BCUT2D eigenvalue weighted by Crippen LogP contribution is -2.17. The zero-order chi connectivity index (χ0) is 27.7. The van der Waals surface area contributed by atoms with E-state index in [9.17, 15) is 48.3 Å². The standard InChI is InChI=1S/C26H10F11N/c27-19-18(20(28)22(30)23(31)21(19)29)14-9-11(25(32,33)34)10-15(26(35,36)37)24(14)38-16-7-3-1-5-12(16)13-6-2-4-8-17(13)38/h1-10H. The van der Waals surface area contributed by atoms with Crippen LogP contribution in [0.2, 0.25) is 0 Å². The van der Waals surface area contributed by atoms with Gasteiger partial charge in [0, 0.05) is 16.3 Å². The minimum absolute atomic E-state index is 0.0240. The second-order valence-corrected chi connectivity index (χ2v) is 8.23. The summed E-state index contributed by atoms with van der Waals surface area (Å²) >= 11 is 0. The average molecular weight is 545 g/mol. The molecule has 0 spiro atoms. The van der Waals surface area contributed by atoms with Gasteiger partial charge in [-0.15, -0.1) is 0 Å². The van der Waals surface area contributed by atoms with Crippen LogP contribution in [0, 0.1) is 29.1 Å². The van der Waals surface area contributed by atoms with Crippen molar-refractivity contribution in [3.05, 3.63) is 101 Å². The van der Waals surface area contributed by atoms with Crippen molar-refractivity contribution in [2.45, 2.75) is 12.4 Å². The van der Waals surface area contributed by atoms with E-state index in [0.717, 1.165) is 4.57 Å². The van der Waals surface area contributed by atoms with E-state index in [1.165, 1.54) is 48.5 Å². The molecule has 38 heavy (non-hydrogen) atoms. The number of para-hydroxylation sites is 2. The fourth-order valence-corrected chi connectivity index (χ4v) is 4.45. The third-order valence-electron chi connectivity index (χ3n) is 6.03. The van der Waals surface area contributed by atoms with Gasteiger partial charge in [0.05, 0.1) is 33.4 Å². The van der Waals surface area contributed by atoms with Crippen LogP contribution in [0.1, 0.15) is 11.1 Å². The Morgan fingerprint density at radius 2 is 0.974 bits per heavy atom. The van der Waals surface area contributed by atoms with E-state index in [-0.39, 0.29) is 23.2 Å². The molecular weight excluding hydrogens is 535 g/mol. The SMILES string of the molecule is Fc1c(F)c(F)c(-c2cc(C(F)(F)F)cc(C(F)(F)F)c2-n2c3ccccc3c3ccccc32)c(F)c1F. The van der Waals surface area contributed by atoms with Gasteiger partial charge in [0.15, 0.2) is 23.3 Å². The second-order valence-electron chi connectivity index (χ2n) is 8.23. The van der Waals surface area contributed by atoms with Crippen molar-refractivity contribution in [2.24, 2.45) is 0 Å². The normalized spacial score (nSPS) is 12.6. The lowest BCUT2D eigenvalue weighted by Gasteiger charge is -2.23. The fraction of sp³-hybridized carbons (Fsp3) is 0.0769. The summed E-state index contributed by atoms with van der Waals surface area (Å²) < 4.78 is 157. The van der Waals surface area contributed by atoms with Crippen molar-refractivity contribution in [2.75, 3.05) is 0 Å². The van der Waals surface area contributed by atoms with Gasteiger partial charge in [0.1, 0.15) is 0 Å². The van der Waals surface area contributed by atoms with Gasteiger partial charge in [-0.1, -0.05) is 36.4 Å². The van der Waals surface area contributed by atoms with Crippen molar-refractivity contribution in [1.29, 1.82) is 0 Å². The highest BCUT2D eigenvalue weighted by atomic mass is 19.4. The van der Waals surface area contributed by atoms with E-state index in [1.807, 2.05) is 0 Å². The fourth-order valence-electron chi connectivity index (χ4n) is 4.45. The smallest absolute Gasteiger partial charge is 0.308 e. The number of benzene rings is 4. The monoisotopic (exact) mass is 545 g/mol. The number of rotatable bonds is 2. The van der Waals surface area contributed by atoms with Crippen LogP contribution in [0.5, 0.6) is 0 Å². The maximum absolute atomic E-state index is 14.9. The molecule has 0 amide bonds. The molecule has 5 aromatic rings. The first-order valence-corrected chi connectivity index (χ1v) is 10.6. The van der Waals surface area contributed by atoms with E-state index >= 15 is 0 Å². The zero-order valence-electron chi connectivity index (χ0n) is 18.4. The lowest BCUT2D eigenvalue weighted by molar-refractivity contribution is -0.142. The molecule has 0 fully saturated rings. The minimum Gasteiger partial charge on any atom is -0.308 e. The van der Waals surface area contributed by atoms with Gasteiger partial charge in [-0.05, 0) is 24.3 Å².